The van der Waals surface area contributed by atoms with Crippen LogP contribution in [0.4, 0.5) is 0 Å². The molecule has 0 atom stereocenters. The van der Waals surface area contributed by atoms with E-state index in [4.69, 9.17) is 4.74 Å². The fourth-order valence-electron chi connectivity index (χ4n) is 1.51. The Balaban J connectivity index is 1.76. The van der Waals surface area contributed by atoms with Crippen molar-refractivity contribution in [1.29, 1.82) is 0 Å². The molecule has 0 radical (unpaired) electrons. The van der Waals surface area contributed by atoms with Gasteiger partial charge in [-0.1, -0.05) is 18.2 Å². The van der Waals surface area contributed by atoms with Crippen LogP contribution in [0.3, 0.4) is 0 Å². The van der Waals surface area contributed by atoms with Gasteiger partial charge in [0.2, 0.25) is 10.0 Å². The van der Waals surface area contributed by atoms with E-state index >= 15 is 0 Å². The third-order valence-electron chi connectivity index (χ3n) is 2.47. The molecule has 0 saturated heterocycles. The highest BCUT2D eigenvalue weighted by atomic mass is 32.2. The highest BCUT2D eigenvalue weighted by Crippen LogP contribution is 2.09. The van der Waals surface area contributed by atoms with Gasteiger partial charge in [-0.05, 0) is 19.1 Å². The Morgan fingerprint density at radius 3 is 2.70 bits per heavy atom. The maximum absolute atomic E-state index is 11.8. The van der Waals surface area contributed by atoms with Crippen molar-refractivity contribution >= 4 is 21.4 Å². The van der Waals surface area contributed by atoms with Gasteiger partial charge in [0.25, 0.3) is 0 Å². The number of nitrogens with zero attached hydrogens (tertiary/aromatic N) is 1. The molecule has 2 rings (SSSR count). The Labute approximate surface area is 122 Å². The fourth-order valence-corrected chi connectivity index (χ4v) is 3.12. The van der Waals surface area contributed by atoms with Gasteiger partial charge < -0.3 is 4.74 Å². The topological polar surface area (TPSA) is 68.3 Å². The molecular weight excluding hydrogens is 296 g/mol. The summed E-state index contributed by atoms with van der Waals surface area (Å²) in [6.07, 6.45) is 0. The van der Waals surface area contributed by atoms with Gasteiger partial charge in [-0.15, -0.1) is 11.3 Å². The molecule has 0 fully saturated rings. The number of hydrogen-bond acceptors (Lipinski definition) is 5. The van der Waals surface area contributed by atoms with E-state index < -0.39 is 10.0 Å². The molecule has 0 aliphatic heterocycles. The van der Waals surface area contributed by atoms with Crippen molar-refractivity contribution in [2.75, 3.05) is 12.4 Å². The quantitative estimate of drug-likeness (QED) is 0.848. The van der Waals surface area contributed by atoms with Crippen LogP contribution < -0.4 is 9.46 Å². The van der Waals surface area contributed by atoms with Gasteiger partial charge in [-0.3, -0.25) is 0 Å². The Hall–Kier alpha value is -1.44. The maximum atomic E-state index is 11.8. The maximum Gasteiger partial charge on any atom is 0.215 e. The summed E-state index contributed by atoms with van der Waals surface area (Å²) in [6.45, 7) is 2.23. The first-order chi connectivity index (χ1) is 9.55. The van der Waals surface area contributed by atoms with Crippen molar-refractivity contribution in [3.05, 3.63) is 46.4 Å². The van der Waals surface area contributed by atoms with E-state index in [-0.39, 0.29) is 18.9 Å². The first kappa shape index (κ1) is 15.0. The number of nitrogens with one attached hydrogen (secondary N) is 1. The van der Waals surface area contributed by atoms with E-state index in [1.54, 1.807) is 12.1 Å². The molecule has 108 valence electrons. The van der Waals surface area contributed by atoms with E-state index in [2.05, 4.69) is 9.71 Å². The minimum Gasteiger partial charge on any atom is -0.492 e. The molecular formula is C13H16N2O3S2. The van der Waals surface area contributed by atoms with Crippen LogP contribution in [-0.2, 0) is 16.6 Å². The highest BCUT2D eigenvalue weighted by Gasteiger charge is 2.11. The van der Waals surface area contributed by atoms with Crippen LogP contribution in [0.1, 0.15) is 10.7 Å². The summed E-state index contributed by atoms with van der Waals surface area (Å²) in [5.74, 6) is 0.588. The molecule has 0 unspecified atom stereocenters. The average molecular weight is 312 g/mol. The summed E-state index contributed by atoms with van der Waals surface area (Å²) in [4.78, 5) is 4.20. The van der Waals surface area contributed by atoms with Gasteiger partial charge in [-0.2, -0.15) is 0 Å². The van der Waals surface area contributed by atoms with E-state index in [0.717, 1.165) is 10.7 Å². The zero-order chi connectivity index (χ0) is 14.4. The lowest BCUT2D eigenvalue weighted by molar-refractivity contribution is 0.340. The lowest BCUT2D eigenvalue weighted by Crippen LogP contribution is -2.28. The van der Waals surface area contributed by atoms with Crippen molar-refractivity contribution in [2.45, 2.75) is 13.5 Å². The molecule has 0 saturated carbocycles. The standard InChI is InChI=1S/C13H16N2O3S2/c1-11-10-19-13(15-11)9-14-20(16,17)8-7-18-12-5-3-2-4-6-12/h2-6,10,14H,7-9H2,1H3. The number of ether oxygens (including phenoxy) is 1. The van der Waals surface area contributed by atoms with Gasteiger partial charge in [0.15, 0.2) is 0 Å². The lowest BCUT2D eigenvalue weighted by atomic mass is 10.3. The number of aryl methyl sites for hydroxylation is 1. The Morgan fingerprint density at radius 2 is 2.05 bits per heavy atom. The molecule has 7 heteroatoms. The van der Waals surface area contributed by atoms with E-state index in [0.29, 0.717) is 5.75 Å². The molecule has 0 spiro atoms. The predicted molar refractivity (Wildman–Crippen MR) is 79.4 cm³/mol. The molecule has 1 heterocycles. The summed E-state index contributed by atoms with van der Waals surface area (Å²) in [5, 5.41) is 2.65. The molecule has 1 N–H and O–H groups in total. The number of hydrogen-bond donors (Lipinski definition) is 1. The molecule has 20 heavy (non-hydrogen) atoms. The predicted octanol–water partition coefficient (Wildman–Crippen LogP) is 1.95. The van der Waals surface area contributed by atoms with Crippen molar-refractivity contribution in [3.8, 4) is 5.75 Å². The van der Waals surface area contributed by atoms with Gasteiger partial charge in [-0.25, -0.2) is 18.1 Å². The molecule has 0 aliphatic carbocycles. The van der Waals surface area contributed by atoms with Crippen LogP contribution in [0, 0.1) is 6.92 Å². The zero-order valence-corrected chi connectivity index (χ0v) is 12.7. The lowest BCUT2D eigenvalue weighted by Gasteiger charge is -2.07. The van der Waals surface area contributed by atoms with Gasteiger partial charge in [0.1, 0.15) is 17.4 Å². The van der Waals surface area contributed by atoms with E-state index in [1.165, 1.54) is 11.3 Å². The van der Waals surface area contributed by atoms with Gasteiger partial charge in [0.05, 0.1) is 12.3 Å². The van der Waals surface area contributed by atoms with Crippen molar-refractivity contribution < 1.29 is 13.2 Å². The van der Waals surface area contributed by atoms with E-state index in [1.807, 2.05) is 30.5 Å². The second-order valence-electron chi connectivity index (χ2n) is 4.18. The minimum atomic E-state index is -3.35. The summed E-state index contributed by atoms with van der Waals surface area (Å²) < 4.78 is 31.5. The summed E-state index contributed by atoms with van der Waals surface area (Å²) in [7, 11) is -3.35. The van der Waals surface area contributed by atoms with E-state index in [9.17, 15) is 8.42 Å². The summed E-state index contributed by atoms with van der Waals surface area (Å²) in [6, 6.07) is 9.14. The number of aromatic nitrogens is 1. The van der Waals surface area contributed by atoms with Crippen LogP contribution in [0.15, 0.2) is 35.7 Å². The number of rotatable bonds is 7. The molecule has 0 amide bonds. The molecule has 2 aromatic rings. The van der Waals surface area contributed by atoms with Crippen LogP contribution in [-0.4, -0.2) is 25.8 Å². The summed E-state index contributed by atoms with van der Waals surface area (Å²) >= 11 is 1.44. The molecule has 5 nitrogen and oxygen atoms in total. The van der Waals surface area contributed by atoms with Crippen molar-refractivity contribution in [2.24, 2.45) is 0 Å². The first-order valence-corrected chi connectivity index (χ1v) is 8.64. The van der Waals surface area contributed by atoms with Crippen molar-refractivity contribution in [3.63, 3.8) is 0 Å². The van der Waals surface area contributed by atoms with Crippen molar-refractivity contribution in [1.82, 2.24) is 9.71 Å². The molecule has 1 aromatic carbocycles. The smallest absolute Gasteiger partial charge is 0.215 e. The van der Waals surface area contributed by atoms with Crippen LogP contribution in [0.2, 0.25) is 0 Å². The van der Waals surface area contributed by atoms with Crippen LogP contribution in [0.25, 0.3) is 0 Å². The number of benzene rings is 1. The SMILES string of the molecule is Cc1csc(CNS(=O)(=O)CCOc2ccccc2)n1. The number of para-hydroxylation sites is 1. The largest absolute Gasteiger partial charge is 0.492 e. The number of thiazole rings is 1. The van der Waals surface area contributed by atoms with Gasteiger partial charge >= 0.3 is 0 Å². The first-order valence-electron chi connectivity index (χ1n) is 6.11. The van der Waals surface area contributed by atoms with Gasteiger partial charge in [0, 0.05) is 11.1 Å². The number of sulfonamides is 1. The molecule has 1 aromatic heterocycles. The second-order valence-corrected chi connectivity index (χ2v) is 7.05. The highest BCUT2D eigenvalue weighted by molar-refractivity contribution is 7.89. The molecule has 0 aliphatic rings. The fraction of sp³-hybridized carbons (Fsp3) is 0.308. The molecule has 0 bridgehead atoms. The summed E-state index contributed by atoms with van der Waals surface area (Å²) in [5.41, 5.74) is 0.900. The Kier molecular flexibility index (Phi) is 5.11. The zero-order valence-electron chi connectivity index (χ0n) is 11.1. The normalized spacial score (nSPS) is 11.4. The average Bonchev–Trinajstić information content (AvgIpc) is 2.84. The second kappa shape index (κ2) is 6.83. The third kappa shape index (κ3) is 4.92. The third-order valence-corrected chi connectivity index (χ3v) is 4.73. The van der Waals surface area contributed by atoms with Crippen LogP contribution in [0.5, 0.6) is 5.75 Å². The minimum absolute atomic E-state index is 0.0771. The van der Waals surface area contributed by atoms with Crippen LogP contribution >= 0.6 is 11.3 Å². The monoisotopic (exact) mass is 312 g/mol. The Bertz CT molecular complexity index is 639. The Morgan fingerprint density at radius 1 is 1.30 bits per heavy atom.